The van der Waals surface area contributed by atoms with Crippen LogP contribution in [0, 0.1) is 0 Å². The maximum absolute atomic E-state index is 4.59. The fourth-order valence-corrected chi connectivity index (χ4v) is 5.49. The molecule has 178 valence electrons. The Bertz CT molecular complexity index is 1830. The molecule has 7 rings (SSSR count). The molecule has 0 radical (unpaired) electrons. The predicted molar refractivity (Wildman–Crippen MR) is 159 cm³/mol. The van der Waals surface area contributed by atoms with Crippen LogP contribution >= 0.6 is 0 Å². The Morgan fingerprint density at radius 1 is 0.342 bits per heavy atom. The quantitative estimate of drug-likeness (QED) is 0.233. The standard InChI is InChI=1S/C36H24N2/c1-3-12-32-30(10-1)35(27-17-15-25(16-18-27)26-19-22-37-23-20-26)31-11-2-4-13-33(31)36(32)29-9-7-8-28(24-29)34-14-5-6-21-38-34/h1-24H. The number of fused-ring (bicyclic) bond motifs is 2. The number of hydrogen-bond donors (Lipinski definition) is 0. The van der Waals surface area contributed by atoms with Crippen LogP contribution in [0.2, 0.25) is 0 Å². The Balaban J connectivity index is 1.47. The van der Waals surface area contributed by atoms with Gasteiger partial charge in [-0.3, -0.25) is 9.97 Å². The van der Waals surface area contributed by atoms with Gasteiger partial charge in [-0.1, -0.05) is 97.1 Å². The van der Waals surface area contributed by atoms with Gasteiger partial charge in [0.1, 0.15) is 0 Å². The van der Waals surface area contributed by atoms with Gasteiger partial charge in [-0.15, -0.1) is 0 Å². The monoisotopic (exact) mass is 484 g/mol. The molecule has 0 aliphatic rings. The summed E-state index contributed by atoms with van der Waals surface area (Å²) in [6.07, 6.45) is 5.53. The van der Waals surface area contributed by atoms with Crippen LogP contribution in [0.1, 0.15) is 0 Å². The first-order chi connectivity index (χ1) is 18.9. The number of benzene rings is 5. The molecule has 0 bridgehead atoms. The number of rotatable bonds is 4. The van der Waals surface area contributed by atoms with Crippen LogP contribution in [0.5, 0.6) is 0 Å². The smallest absolute Gasteiger partial charge is 0.0702 e. The molecule has 2 aromatic heterocycles. The first kappa shape index (κ1) is 22.1. The molecule has 2 heterocycles. The molecule has 0 unspecified atom stereocenters. The van der Waals surface area contributed by atoms with E-state index in [2.05, 4.69) is 113 Å². The van der Waals surface area contributed by atoms with Crippen LogP contribution in [0.4, 0.5) is 0 Å². The van der Waals surface area contributed by atoms with Crippen molar-refractivity contribution in [3.05, 3.63) is 146 Å². The fraction of sp³-hybridized carbons (Fsp3) is 0. The molecule has 0 saturated heterocycles. The number of pyridine rings is 2. The van der Waals surface area contributed by atoms with Crippen molar-refractivity contribution in [1.29, 1.82) is 0 Å². The second-order valence-electron chi connectivity index (χ2n) is 9.45. The van der Waals surface area contributed by atoms with Crippen molar-refractivity contribution in [3.8, 4) is 44.6 Å². The van der Waals surface area contributed by atoms with Crippen molar-refractivity contribution in [3.63, 3.8) is 0 Å². The largest absolute Gasteiger partial charge is 0.265 e. The molecular formula is C36H24N2. The second-order valence-corrected chi connectivity index (χ2v) is 9.45. The summed E-state index contributed by atoms with van der Waals surface area (Å²) in [5, 5.41) is 5.00. The van der Waals surface area contributed by atoms with Crippen molar-refractivity contribution in [1.82, 2.24) is 9.97 Å². The molecule has 2 heteroatoms. The molecule has 0 amide bonds. The Kier molecular flexibility index (Phi) is 5.49. The Morgan fingerprint density at radius 2 is 0.868 bits per heavy atom. The molecule has 0 aliphatic heterocycles. The summed E-state index contributed by atoms with van der Waals surface area (Å²) in [4.78, 5) is 8.74. The van der Waals surface area contributed by atoms with E-state index in [-0.39, 0.29) is 0 Å². The van der Waals surface area contributed by atoms with E-state index >= 15 is 0 Å². The lowest BCUT2D eigenvalue weighted by Gasteiger charge is -2.18. The molecule has 0 saturated carbocycles. The lowest BCUT2D eigenvalue weighted by molar-refractivity contribution is 1.33. The van der Waals surface area contributed by atoms with E-state index in [1.807, 2.05) is 42.9 Å². The van der Waals surface area contributed by atoms with Crippen LogP contribution in [-0.4, -0.2) is 9.97 Å². The molecule has 7 aromatic rings. The zero-order chi connectivity index (χ0) is 25.3. The van der Waals surface area contributed by atoms with Crippen molar-refractivity contribution in [2.75, 3.05) is 0 Å². The van der Waals surface area contributed by atoms with Gasteiger partial charge in [0.05, 0.1) is 5.69 Å². The second kappa shape index (κ2) is 9.42. The van der Waals surface area contributed by atoms with Crippen molar-refractivity contribution in [2.45, 2.75) is 0 Å². The maximum atomic E-state index is 4.59. The van der Waals surface area contributed by atoms with Crippen LogP contribution < -0.4 is 0 Å². The molecule has 0 N–H and O–H groups in total. The molecule has 0 atom stereocenters. The van der Waals surface area contributed by atoms with Crippen LogP contribution in [0.25, 0.3) is 66.2 Å². The average molecular weight is 485 g/mol. The third-order valence-electron chi connectivity index (χ3n) is 7.23. The van der Waals surface area contributed by atoms with Gasteiger partial charge < -0.3 is 0 Å². The number of nitrogens with zero attached hydrogens (tertiary/aromatic N) is 2. The van der Waals surface area contributed by atoms with Gasteiger partial charge >= 0.3 is 0 Å². The topological polar surface area (TPSA) is 25.8 Å². The molecule has 0 fully saturated rings. The molecule has 5 aromatic carbocycles. The first-order valence-electron chi connectivity index (χ1n) is 12.8. The summed E-state index contributed by atoms with van der Waals surface area (Å²) >= 11 is 0. The minimum Gasteiger partial charge on any atom is -0.265 e. The summed E-state index contributed by atoms with van der Waals surface area (Å²) in [6.45, 7) is 0. The Hall–Kier alpha value is -5.08. The molecule has 2 nitrogen and oxygen atoms in total. The molecule has 0 aliphatic carbocycles. The highest BCUT2D eigenvalue weighted by molar-refractivity contribution is 6.21. The van der Waals surface area contributed by atoms with E-state index in [0.29, 0.717) is 0 Å². The van der Waals surface area contributed by atoms with E-state index in [1.54, 1.807) is 0 Å². The van der Waals surface area contributed by atoms with E-state index < -0.39 is 0 Å². The van der Waals surface area contributed by atoms with E-state index in [9.17, 15) is 0 Å². The zero-order valence-electron chi connectivity index (χ0n) is 20.8. The zero-order valence-corrected chi connectivity index (χ0v) is 20.8. The highest BCUT2D eigenvalue weighted by atomic mass is 14.7. The Morgan fingerprint density at radius 3 is 1.47 bits per heavy atom. The van der Waals surface area contributed by atoms with Gasteiger partial charge in [0, 0.05) is 24.2 Å². The third kappa shape index (κ3) is 3.84. The lowest BCUT2D eigenvalue weighted by atomic mass is 9.85. The number of hydrogen-bond acceptors (Lipinski definition) is 2. The SMILES string of the molecule is c1ccc(-c2cccc(-c3c4ccccc4c(-c4ccc(-c5ccncc5)cc4)c4ccccc34)c2)nc1. The lowest BCUT2D eigenvalue weighted by Crippen LogP contribution is -1.91. The summed E-state index contributed by atoms with van der Waals surface area (Å²) in [5.74, 6) is 0. The minimum absolute atomic E-state index is 0.980. The van der Waals surface area contributed by atoms with E-state index in [1.165, 1.54) is 54.9 Å². The van der Waals surface area contributed by atoms with Crippen LogP contribution in [0.3, 0.4) is 0 Å². The van der Waals surface area contributed by atoms with Gasteiger partial charge in [0.2, 0.25) is 0 Å². The minimum atomic E-state index is 0.980. The van der Waals surface area contributed by atoms with E-state index in [4.69, 9.17) is 0 Å². The van der Waals surface area contributed by atoms with Gasteiger partial charge in [0.15, 0.2) is 0 Å². The van der Waals surface area contributed by atoms with Gasteiger partial charge in [-0.2, -0.15) is 0 Å². The van der Waals surface area contributed by atoms with E-state index in [0.717, 1.165) is 11.3 Å². The van der Waals surface area contributed by atoms with Gasteiger partial charge in [-0.05, 0) is 85.3 Å². The van der Waals surface area contributed by atoms with Crippen molar-refractivity contribution >= 4 is 21.5 Å². The molecule has 38 heavy (non-hydrogen) atoms. The van der Waals surface area contributed by atoms with Crippen LogP contribution in [-0.2, 0) is 0 Å². The fourth-order valence-electron chi connectivity index (χ4n) is 5.49. The average Bonchev–Trinajstić information content (AvgIpc) is 3.01. The number of aromatic nitrogens is 2. The maximum Gasteiger partial charge on any atom is 0.0702 e. The first-order valence-corrected chi connectivity index (χ1v) is 12.8. The van der Waals surface area contributed by atoms with Crippen LogP contribution in [0.15, 0.2) is 146 Å². The highest BCUT2D eigenvalue weighted by Gasteiger charge is 2.17. The van der Waals surface area contributed by atoms with Crippen molar-refractivity contribution < 1.29 is 0 Å². The van der Waals surface area contributed by atoms with Crippen molar-refractivity contribution in [2.24, 2.45) is 0 Å². The summed E-state index contributed by atoms with van der Waals surface area (Å²) in [6, 6.07) is 45.3. The summed E-state index contributed by atoms with van der Waals surface area (Å²) < 4.78 is 0. The third-order valence-corrected chi connectivity index (χ3v) is 7.23. The highest BCUT2D eigenvalue weighted by Crippen LogP contribution is 2.44. The Labute approximate surface area is 221 Å². The predicted octanol–water partition coefficient (Wildman–Crippen LogP) is 9.45. The molecule has 0 spiro atoms. The van der Waals surface area contributed by atoms with Gasteiger partial charge in [-0.25, -0.2) is 0 Å². The normalized spacial score (nSPS) is 11.2. The summed E-state index contributed by atoms with van der Waals surface area (Å²) in [5.41, 5.74) is 9.38. The van der Waals surface area contributed by atoms with Gasteiger partial charge in [0.25, 0.3) is 0 Å². The molecular weight excluding hydrogens is 460 g/mol. The summed E-state index contributed by atoms with van der Waals surface area (Å²) in [7, 11) is 0.